The van der Waals surface area contributed by atoms with Crippen molar-refractivity contribution in [1.29, 1.82) is 0 Å². The minimum Gasteiger partial charge on any atom is -0.481 e. The molecule has 0 aromatic rings. The van der Waals surface area contributed by atoms with Crippen LogP contribution in [0, 0.1) is 0 Å². The second-order valence-corrected chi connectivity index (χ2v) is 4.64. The van der Waals surface area contributed by atoms with Gasteiger partial charge in [-0.1, -0.05) is 51.2 Å². The molecule has 0 spiro atoms. The molecule has 0 aliphatic rings. The molecule has 1 N–H and O–H groups in total. The highest BCUT2D eigenvalue weighted by atomic mass is 16.4. The molecule has 0 amide bonds. The van der Waals surface area contributed by atoms with Gasteiger partial charge in [-0.3, -0.25) is 4.79 Å². The van der Waals surface area contributed by atoms with Crippen LogP contribution in [0.5, 0.6) is 0 Å². The van der Waals surface area contributed by atoms with Crippen LogP contribution < -0.4 is 0 Å². The number of carboxylic acid groups (broad SMARTS) is 1. The number of hydrogen-bond donors (Lipinski definition) is 1. The van der Waals surface area contributed by atoms with Gasteiger partial charge in [0.15, 0.2) is 0 Å². The molecule has 0 atom stereocenters. The maximum atomic E-state index is 10.1. The summed E-state index contributed by atoms with van der Waals surface area (Å²) in [6.07, 6.45) is 17.7. The Hall–Kier alpha value is -1.12. The topological polar surface area (TPSA) is 54.4 Å². The maximum Gasteiger partial charge on any atom is 0.300 e. The Morgan fingerprint density at radius 2 is 1.32 bits per heavy atom. The van der Waals surface area contributed by atoms with Gasteiger partial charge in [0, 0.05) is 13.3 Å². The van der Waals surface area contributed by atoms with Crippen molar-refractivity contribution in [3.63, 3.8) is 0 Å². The van der Waals surface area contributed by atoms with E-state index < -0.39 is 5.97 Å². The molecule has 112 valence electrons. The first kappa shape index (κ1) is 20.2. The fourth-order valence-electron chi connectivity index (χ4n) is 1.58. The van der Waals surface area contributed by atoms with Crippen LogP contribution in [0.25, 0.3) is 0 Å². The Morgan fingerprint density at radius 1 is 0.895 bits per heavy atom. The molecule has 0 fully saturated rings. The Kier molecular flexibility index (Phi) is 20.4. The van der Waals surface area contributed by atoms with Crippen molar-refractivity contribution in [2.75, 3.05) is 0 Å². The number of rotatable bonds is 11. The molecule has 0 unspecified atom stereocenters. The van der Waals surface area contributed by atoms with Gasteiger partial charge < -0.3 is 9.90 Å². The second-order valence-electron chi connectivity index (χ2n) is 4.64. The van der Waals surface area contributed by atoms with Gasteiger partial charge in [0.05, 0.1) is 0 Å². The lowest BCUT2D eigenvalue weighted by Crippen LogP contribution is -1.80. The van der Waals surface area contributed by atoms with Gasteiger partial charge in [-0.15, -0.1) is 0 Å². The van der Waals surface area contributed by atoms with E-state index in [0.29, 0.717) is 0 Å². The molecule has 0 aliphatic heterocycles. The summed E-state index contributed by atoms with van der Waals surface area (Å²) >= 11 is 0. The maximum absolute atomic E-state index is 10.1. The van der Waals surface area contributed by atoms with Gasteiger partial charge in [-0.05, 0) is 25.7 Å². The number of hydrogen-bond acceptors (Lipinski definition) is 2. The van der Waals surface area contributed by atoms with Crippen molar-refractivity contribution in [3.8, 4) is 0 Å². The predicted octanol–water partition coefficient (Wildman–Crippen LogP) is 4.75. The van der Waals surface area contributed by atoms with Crippen molar-refractivity contribution in [3.05, 3.63) is 12.2 Å². The smallest absolute Gasteiger partial charge is 0.300 e. The summed E-state index contributed by atoms with van der Waals surface area (Å²) in [4.78, 5) is 19.1. The number of unbranched alkanes of at least 4 members (excludes halogenated alkanes) is 8. The van der Waals surface area contributed by atoms with Gasteiger partial charge in [0.1, 0.15) is 6.29 Å². The standard InChI is InChI=1S/C14H26O.C2H4O2/c1-2-3-4-5-6-7-8-9-10-11-12-13-14-15;1-2(3)4/h5-6,14H,2-4,7-13H2,1H3;1H3,(H,3,4)/b6-5-;. The molecule has 3 nitrogen and oxygen atoms in total. The highest BCUT2D eigenvalue weighted by Crippen LogP contribution is 2.07. The molecular formula is C16H30O3. The minimum absolute atomic E-state index is 0.747. The molecule has 0 aromatic heterocycles. The minimum atomic E-state index is -0.833. The fraction of sp³-hybridized carbons (Fsp3) is 0.750. The quantitative estimate of drug-likeness (QED) is 0.335. The van der Waals surface area contributed by atoms with Gasteiger partial charge in [0.25, 0.3) is 5.97 Å². The molecule has 0 aromatic carbocycles. The molecular weight excluding hydrogens is 240 g/mol. The van der Waals surface area contributed by atoms with E-state index in [1.807, 2.05) is 0 Å². The van der Waals surface area contributed by atoms with E-state index >= 15 is 0 Å². The predicted molar refractivity (Wildman–Crippen MR) is 80.4 cm³/mol. The number of aldehydes is 1. The average Bonchev–Trinajstić information content (AvgIpc) is 2.35. The molecule has 0 bridgehead atoms. The van der Waals surface area contributed by atoms with Crippen LogP contribution in [0.4, 0.5) is 0 Å². The molecule has 3 heteroatoms. The zero-order chi connectivity index (χ0) is 14.8. The van der Waals surface area contributed by atoms with Crippen molar-refractivity contribution in [2.24, 2.45) is 0 Å². The van der Waals surface area contributed by atoms with Gasteiger partial charge in [0.2, 0.25) is 0 Å². The average molecular weight is 270 g/mol. The van der Waals surface area contributed by atoms with Crippen molar-refractivity contribution in [1.82, 2.24) is 0 Å². The summed E-state index contributed by atoms with van der Waals surface area (Å²) in [6, 6.07) is 0. The van der Waals surface area contributed by atoms with Crippen molar-refractivity contribution < 1.29 is 14.7 Å². The second kappa shape index (κ2) is 19.2. The van der Waals surface area contributed by atoms with Crippen LogP contribution in [-0.4, -0.2) is 17.4 Å². The van der Waals surface area contributed by atoms with E-state index in [1.54, 1.807) is 0 Å². The number of carbonyl (C=O) groups excluding carboxylic acids is 1. The van der Waals surface area contributed by atoms with E-state index in [0.717, 1.165) is 26.1 Å². The Balaban J connectivity index is 0. The van der Waals surface area contributed by atoms with E-state index in [2.05, 4.69) is 19.1 Å². The van der Waals surface area contributed by atoms with Gasteiger partial charge >= 0.3 is 0 Å². The Morgan fingerprint density at radius 3 is 1.79 bits per heavy atom. The SMILES string of the molecule is CC(=O)O.CCCC/C=C\CCCCCCCC=O. The highest BCUT2D eigenvalue weighted by molar-refractivity contribution is 5.62. The van der Waals surface area contributed by atoms with Crippen LogP contribution in [0.1, 0.15) is 78.1 Å². The van der Waals surface area contributed by atoms with Crippen LogP contribution in [-0.2, 0) is 9.59 Å². The highest BCUT2D eigenvalue weighted by Gasteiger charge is 1.89. The lowest BCUT2D eigenvalue weighted by atomic mass is 10.1. The summed E-state index contributed by atoms with van der Waals surface area (Å²) in [6.45, 7) is 3.31. The lowest BCUT2D eigenvalue weighted by Gasteiger charge is -1.97. The Labute approximate surface area is 118 Å². The van der Waals surface area contributed by atoms with E-state index in [-0.39, 0.29) is 0 Å². The zero-order valence-corrected chi connectivity index (χ0v) is 12.6. The summed E-state index contributed by atoms with van der Waals surface area (Å²) in [7, 11) is 0. The van der Waals surface area contributed by atoms with Crippen LogP contribution >= 0.6 is 0 Å². The van der Waals surface area contributed by atoms with E-state index in [4.69, 9.17) is 9.90 Å². The number of carboxylic acids is 1. The fourth-order valence-corrected chi connectivity index (χ4v) is 1.58. The van der Waals surface area contributed by atoms with Crippen LogP contribution in [0.2, 0.25) is 0 Å². The summed E-state index contributed by atoms with van der Waals surface area (Å²) < 4.78 is 0. The van der Waals surface area contributed by atoms with Crippen molar-refractivity contribution in [2.45, 2.75) is 78.1 Å². The number of aliphatic carboxylic acids is 1. The lowest BCUT2D eigenvalue weighted by molar-refractivity contribution is -0.134. The third-order valence-corrected chi connectivity index (χ3v) is 2.58. The van der Waals surface area contributed by atoms with E-state index in [1.165, 1.54) is 51.4 Å². The first-order valence-corrected chi connectivity index (χ1v) is 7.43. The molecule has 19 heavy (non-hydrogen) atoms. The summed E-state index contributed by atoms with van der Waals surface area (Å²) in [5, 5.41) is 7.42. The monoisotopic (exact) mass is 270 g/mol. The third kappa shape index (κ3) is 31.6. The third-order valence-electron chi connectivity index (χ3n) is 2.58. The first-order chi connectivity index (χ1) is 9.15. The zero-order valence-electron chi connectivity index (χ0n) is 12.6. The molecule has 0 radical (unpaired) electrons. The van der Waals surface area contributed by atoms with Gasteiger partial charge in [-0.2, -0.15) is 0 Å². The molecule has 0 saturated carbocycles. The molecule has 0 aliphatic carbocycles. The summed E-state index contributed by atoms with van der Waals surface area (Å²) in [5.74, 6) is -0.833. The molecule has 0 heterocycles. The Bertz CT molecular complexity index is 218. The van der Waals surface area contributed by atoms with Crippen LogP contribution in [0.3, 0.4) is 0 Å². The first-order valence-electron chi connectivity index (χ1n) is 7.43. The molecule has 0 saturated heterocycles. The van der Waals surface area contributed by atoms with Gasteiger partial charge in [-0.25, -0.2) is 0 Å². The largest absolute Gasteiger partial charge is 0.481 e. The van der Waals surface area contributed by atoms with E-state index in [9.17, 15) is 4.79 Å². The number of carbonyl (C=O) groups is 2. The van der Waals surface area contributed by atoms with Crippen molar-refractivity contribution >= 4 is 12.3 Å². The summed E-state index contributed by atoms with van der Waals surface area (Å²) in [5.41, 5.74) is 0. The normalized spacial score (nSPS) is 10.0. The van der Waals surface area contributed by atoms with Crippen LogP contribution in [0.15, 0.2) is 12.2 Å². The molecule has 0 rings (SSSR count). The number of allylic oxidation sites excluding steroid dienone is 2.